The molecule has 0 amide bonds. The number of hydrogen-bond acceptors (Lipinski definition) is 3. The Morgan fingerprint density at radius 2 is 2.32 bits per heavy atom. The number of fused-ring (bicyclic) bond motifs is 1. The maximum absolute atomic E-state index is 5.63. The summed E-state index contributed by atoms with van der Waals surface area (Å²) < 4.78 is 10.7. The highest BCUT2D eigenvalue weighted by atomic mass is 32.1. The number of hydrogen-bond donors (Lipinski definition) is 2. The predicted octanol–water partition coefficient (Wildman–Crippen LogP) is 2.01. The van der Waals surface area contributed by atoms with E-state index in [0.29, 0.717) is 18.3 Å². The van der Waals surface area contributed by atoms with Crippen LogP contribution in [0.15, 0.2) is 24.3 Å². The summed E-state index contributed by atoms with van der Waals surface area (Å²) >= 11 is 5.34. The van der Waals surface area contributed by atoms with Crippen LogP contribution in [0.2, 0.25) is 0 Å². The van der Waals surface area contributed by atoms with Crippen molar-refractivity contribution in [2.75, 3.05) is 20.3 Å². The summed E-state index contributed by atoms with van der Waals surface area (Å²) in [6, 6.07) is 8.48. The summed E-state index contributed by atoms with van der Waals surface area (Å²) in [7, 11) is 1.68. The third kappa shape index (κ3) is 3.81. The minimum Gasteiger partial charge on any atom is -0.493 e. The summed E-state index contributed by atoms with van der Waals surface area (Å²) in [6.07, 6.45) is 0.914. The molecule has 0 aromatic heterocycles. The molecule has 0 spiro atoms. The minimum atomic E-state index is 0.195. The molecule has 0 radical (unpaired) electrons. The van der Waals surface area contributed by atoms with Crippen molar-refractivity contribution < 1.29 is 9.47 Å². The zero-order chi connectivity index (χ0) is 13.7. The van der Waals surface area contributed by atoms with Crippen molar-refractivity contribution in [3.63, 3.8) is 0 Å². The lowest BCUT2D eigenvalue weighted by Gasteiger charge is -2.28. The molecule has 4 nitrogen and oxygen atoms in total. The van der Waals surface area contributed by atoms with Gasteiger partial charge in [-0.3, -0.25) is 0 Å². The van der Waals surface area contributed by atoms with Gasteiger partial charge in [0, 0.05) is 25.1 Å². The Balaban J connectivity index is 1.95. The summed E-state index contributed by atoms with van der Waals surface area (Å²) in [5.74, 6) is 0.944. The van der Waals surface area contributed by atoms with E-state index in [2.05, 4.69) is 16.7 Å². The van der Waals surface area contributed by atoms with Gasteiger partial charge in [0.05, 0.1) is 19.3 Å². The minimum absolute atomic E-state index is 0.195. The van der Waals surface area contributed by atoms with Gasteiger partial charge in [0.15, 0.2) is 5.11 Å². The summed E-state index contributed by atoms with van der Waals surface area (Å²) in [6.45, 7) is 3.38. The lowest BCUT2D eigenvalue weighted by molar-refractivity contribution is 0.179. The zero-order valence-electron chi connectivity index (χ0n) is 11.3. The van der Waals surface area contributed by atoms with Gasteiger partial charge < -0.3 is 20.1 Å². The maximum atomic E-state index is 5.63. The van der Waals surface area contributed by atoms with Crippen molar-refractivity contribution >= 4 is 17.3 Å². The highest BCUT2D eigenvalue weighted by molar-refractivity contribution is 7.80. The van der Waals surface area contributed by atoms with Crippen LogP contribution in [-0.4, -0.2) is 31.5 Å². The number of nitrogens with one attached hydrogen (secondary N) is 2. The van der Waals surface area contributed by atoms with Crippen molar-refractivity contribution in [3.8, 4) is 5.75 Å². The van der Waals surface area contributed by atoms with E-state index in [9.17, 15) is 0 Å². The molecule has 1 aromatic carbocycles. The van der Waals surface area contributed by atoms with Crippen LogP contribution < -0.4 is 15.4 Å². The van der Waals surface area contributed by atoms with Crippen molar-refractivity contribution in [1.82, 2.24) is 10.6 Å². The van der Waals surface area contributed by atoms with E-state index in [-0.39, 0.29) is 12.1 Å². The van der Waals surface area contributed by atoms with Gasteiger partial charge in [-0.1, -0.05) is 18.2 Å². The van der Waals surface area contributed by atoms with Gasteiger partial charge in [0.25, 0.3) is 0 Å². The van der Waals surface area contributed by atoms with E-state index in [1.165, 1.54) is 0 Å². The second kappa shape index (κ2) is 6.73. The molecule has 1 heterocycles. The highest BCUT2D eigenvalue weighted by Gasteiger charge is 2.21. The molecule has 2 rings (SSSR count). The molecule has 104 valence electrons. The standard InChI is InChI=1S/C14H20N2O2S/c1-10(9-17-2)15-14(19)16-12-7-8-18-13-6-4-3-5-11(12)13/h3-6,10,12H,7-9H2,1-2H3,(H2,15,16,19). The van der Waals surface area contributed by atoms with E-state index in [0.717, 1.165) is 17.7 Å². The number of benzene rings is 1. The van der Waals surface area contributed by atoms with Crippen molar-refractivity contribution in [2.24, 2.45) is 0 Å². The predicted molar refractivity (Wildman–Crippen MR) is 79.5 cm³/mol. The Morgan fingerprint density at radius 3 is 3.11 bits per heavy atom. The van der Waals surface area contributed by atoms with Gasteiger partial charge in [-0.2, -0.15) is 0 Å². The fraction of sp³-hybridized carbons (Fsp3) is 0.500. The van der Waals surface area contributed by atoms with Gasteiger partial charge in [-0.15, -0.1) is 0 Å². The normalized spacial score (nSPS) is 18.9. The first-order valence-electron chi connectivity index (χ1n) is 6.48. The fourth-order valence-corrected chi connectivity index (χ4v) is 2.55. The maximum Gasteiger partial charge on any atom is 0.167 e. The van der Waals surface area contributed by atoms with Crippen LogP contribution in [0.25, 0.3) is 0 Å². The van der Waals surface area contributed by atoms with Crippen molar-refractivity contribution in [2.45, 2.75) is 25.4 Å². The third-order valence-corrected chi connectivity index (χ3v) is 3.29. The molecule has 1 aliphatic rings. The monoisotopic (exact) mass is 280 g/mol. The summed E-state index contributed by atoms with van der Waals surface area (Å²) in [5, 5.41) is 7.22. The Morgan fingerprint density at radius 1 is 1.53 bits per heavy atom. The molecule has 0 fully saturated rings. The Kier molecular flexibility index (Phi) is 4.99. The van der Waals surface area contributed by atoms with Gasteiger partial charge in [-0.05, 0) is 25.2 Å². The van der Waals surface area contributed by atoms with Gasteiger partial charge in [0.2, 0.25) is 0 Å². The first-order valence-corrected chi connectivity index (χ1v) is 6.89. The highest BCUT2D eigenvalue weighted by Crippen LogP contribution is 2.31. The molecule has 2 unspecified atom stereocenters. The molecule has 0 saturated heterocycles. The van der Waals surface area contributed by atoms with E-state index >= 15 is 0 Å². The number of methoxy groups -OCH3 is 1. The topological polar surface area (TPSA) is 42.5 Å². The average Bonchev–Trinajstić information content (AvgIpc) is 2.39. The second-order valence-electron chi connectivity index (χ2n) is 4.70. The molecule has 2 N–H and O–H groups in total. The Hall–Kier alpha value is -1.33. The second-order valence-corrected chi connectivity index (χ2v) is 5.11. The molecular formula is C14H20N2O2S. The summed E-state index contributed by atoms with van der Waals surface area (Å²) in [4.78, 5) is 0. The van der Waals surface area contributed by atoms with Crippen LogP contribution in [-0.2, 0) is 4.74 Å². The van der Waals surface area contributed by atoms with Crippen molar-refractivity contribution in [1.29, 1.82) is 0 Å². The smallest absolute Gasteiger partial charge is 0.167 e. The Bertz CT molecular complexity index is 439. The van der Waals surface area contributed by atoms with Gasteiger partial charge >= 0.3 is 0 Å². The first kappa shape index (κ1) is 14.1. The molecule has 2 atom stereocenters. The molecule has 1 aromatic rings. The lowest BCUT2D eigenvalue weighted by Crippen LogP contribution is -2.44. The van der Waals surface area contributed by atoms with Crippen LogP contribution in [0.3, 0.4) is 0 Å². The Labute approximate surface area is 119 Å². The first-order chi connectivity index (χ1) is 9.20. The zero-order valence-corrected chi connectivity index (χ0v) is 12.1. The van der Waals surface area contributed by atoms with Crippen LogP contribution in [0.1, 0.15) is 24.9 Å². The molecule has 19 heavy (non-hydrogen) atoms. The lowest BCUT2D eigenvalue weighted by atomic mass is 10.0. The SMILES string of the molecule is COCC(C)NC(=S)NC1CCOc2ccccc21. The molecule has 5 heteroatoms. The van der Waals surface area contributed by atoms with E-state index < -0.39 is 0 Å². The van der Waals surface area contributed by atoms with Gasteiger partial charge in [0.1, 0.15) is 5.75 Å². The molecule has 0 aliphatic carbocycles. The van der Waals surface area contributed by atoms with E-state index in [4.69, 9.17) is 21.7 Å². The molecular weight excluding hydrogens is 260 g/mol. The van der Waals surface area contributed by atoms with Crippen LogP contribution in [0.5, 0.6) is 5.75 Å². The molecule has 0 saturated carbocycles. The third-order valence-electron chi connectivity index (χ3n) is 3.06. The quantitative estimate of drug-likeness (QED) is 0.826. The van der Waals surface area contributed by atoms with Crippen LogP contribution >= 0.6 is 12.2 Å². The van der Waals surface area contributed by atoms with E-state index in [1.54, 1.807) is 7.11 Å². The number of thiocarbonyl (C=S) groups is 1. The molecule has 1 aliphatic heterocycles. The van der Waals surface area contributed by atoms with E-state index in [1.807, 2.05) is 25.1 Å². The molecule has 0 bridgehead atoms. The van der Waals surface area contributed by atoms with Crippen LogP contribution in [0.4, 0.5) is 0 Å². The number of para-hydroxylation sites is 1. The van der Waals surface area contributed by atoms with Gasteiger partial charge in [-0.25, -0.2) is 0 Å². The number of ether oxygens (including phenoxy) is 2. The average molecular weight is 280 g/mol. The fourth-order valence-electron chi connectivity index (χ4n) is 2.21. The number of rotatable bonds is 4. The summed E-state index contributed by atoms with van der Waals surface area (Å²) in [5.41, 5.74) is 1.16. The van der Waals surface area contributed by atoms with Crippen molar-refractivity contribution in [3.05, 3.63) is 29.8 Å². The largest absolute Gasteiger partial charge is 0.493 e. The van der Waals surface area contributed by atoms with Crippen LogP contribution in [0, 0.1) is 0 Å².